The number of benzene rings is 1. The van der Waals surface area contributed by atoms with Crippen molar-refractivity contribution in [1.82, 2.24) is 0 Å². The fraction of sp³-hybridized carbons (Fsp3) is 0.611. The molecule has 0 heterocycles. The highest BCUT2D eigenvalue weighted by Crippen LogP contribution is 2.51. The van der Waals surface area contributed by atoms with Gasteiger partial charge in [0, 0.05) is 0 Å². The van der Waals surface area contributed by atoms with E-state index in [1.807, 2.05) is 6.92 Å². The zero-order valence-electron chi connectivity index (χ0n) is 13.0. The Morgan fingerprint density at radius 2 is 1.95 bits per heavy atom. The van der Waals surface area contributed by atoms with Gasteiger partial charge >= 0.3 is 0 Å². The summed E-state index contributed by atoms with van der Waals surface area (Å²) < 4.78 is 0. The van der Waals surface area contributed by atoms with E-state index in [9.17, 15) is 10.4 Å². The Kier molecular flexibility index (Phi) is 4.20. The highest BCUT2D eigenvalue weighted by molar-refractivity contribution is 5.39. The van der Waals surface area contributed by atoms with Gasteiger partial charge in [0.25, 0.3) is 0 Å². The second-order valence-electron chi connectivity index (χ2n) is 6.48. The molecule has 3 unspecified atom stereocenters. The third-order valence-corrected chi connectivity index (χ3v) is 5.15. The van der Waals surface area contributed by atoms with Gasteiger partial charge in [-0.2, -0.15) is 5.26 Å². The van der Waals surface area contributed by atoms with Crippen LogP contribution in [0.3, 0.4) is 0 Å². The van der Waals surface area contributed by atoms with Crippen LogP contribution in [0.4, 0.5) is 0 Å². The molecular weight excluding hydrogens is 246 g/mol. The van der Waals surface area contributed by atoms with Gasteiger partial charge in [0.15, 0.2) is 0 Å². The first-order chi connectivity index (χ1) is 9.43. The van der Waals surface area contributed by atoms with E-state index in [-0.39, 0.29) is 0 Å². The summed E-state index contributed by atoms with van der Waals surface area (Å²) >= 11 is 0. The Morgan fingerprint density at radius 3 is 2.50 bits per heavy atom. The number of nitrogens with zero attached hydrogens (tertiary/aromatic N) is 1. The van der Waals surface area contributed by atoms with Gasteiger partial charge in [-0.3, -0.25) is 0 Å². The first-order valence-corrected chi connectivity index (χ1v) is 7.60. The van der Waals surface area contributed by atoms with Gasteiger partial charge in [0.2, 0.25) is 0 Å². The standard InChI is InChI=1S/C18H25NO/c1-5-15-6-7-18(10-15,11-19)17(20)16-9-13(3)12(2)8-14(16)4/h8-9,15,17,20H,5-7,10H2,1-4H3. The van der Waals surface area contributed by atoms with Crippen molar-refractivity contribution in [1.29, 1.82) is 5.26 Å². The smallest absolute Gasteiger partial charge is 0.0979 e. The largest absolute Gasteiger partial charge is 0.387 e. The molecule has 2 heteroatoms. The minimum Gasteiger partial charge on any atom is -0.387 e. The zero-order chi connectivity index (χ0) is 14.9. The summed E-state index contributed by atoms with van der Waals surface area (Å²) in [7, 11) is 0. The lowest BCUT2D eigenvalue weighted by atomic mass is 9.76. The Balaban J connectivity index is 2.38. The van der Waals surface area contributed by atoms with Crippen molar-refractivity contribution in [3.63, 3.8) is 0 Å². The van der Waals surface area contributed by atoms with Crippen LogP contribution in [0.1, 0.15) is 61.0 Å². The summed E-state index contributed by atoms with van der Waals surface area (Å²) in [5, 5.41) is 20.5. The third kappa shape index (κ3) is 2.47. The molecule has 3 atom stereocenters. The minimum absolute atomic E-state index is 0.580. The van der Waals surface area contributed by atoms with E-state index in [0.29, 0.717) is 5.92 Å². The van der Waals surface area contributed by atoms with Crippen molar-refractivity contribution in [2.75, 3.05) is 0 Å². The maximum atomic E-state index is 10.9. The van der Waals surface area contributed by atoms with E-state index in [2.05, 4.69) is 39.0 Å². The predicted octanol–water partition coefficient (Wildman–Crippen LogP) is 4.37. The van der Waals surface area contributed by atoms with Crippen LogP contribution >= 0.6 is 0 Å². The van der Waals surface area contributed by atoms with Crippen molar-refractivity contribution in [2.24, 2.45) is 11.3 Å². The molecule has 20 heavy (non-hydrogen) atoms. The first kappa shape index (κ1) is 15.1. The number of aliphatic hydroxyl groups excluding tert-OH is 1. The summed E-state index contributed by atoms with van der Waals surface area (Å²) in [5.74, 6) is 0.580. The van der Waals surface area contributed by atoms with E-state index in [4.69, 9.17) is 0 Å². The van der Waals surface area contributed by atoms with Crippen molar-refractivity contribution in [3.8, 4) is 6.07 Å². The van der Waals surface area contributed by atoms with Crippen LogP contribution in [-0.4, -0.2) is 5.11 Å². The average molecular weight is 271 g/mol. The topological polar surface area (TPSA) is 44.0 Å². The van der Waals surface area contributed by atoms with Gasteiger partial charge < -0.3 is 5.11 Å². The van der Waals surface area contributed by atoms with Crippen LogP contribution in [0.5, 0.6) is 0 Å². The molecule has 0 radical (unpaired) electrons. The Hall–Kier alpha value is -1.33. The summed E-state index contributed by atoms with van der Waals surface area (Å²) in [4.78, 5) is 0. The first-order valence-electron chi connectivity index (χ1n) is 7.60. The summed E-state index contributed by atoms with van der Waals surface area (Å²) in [6.07, 6.45) is 3.14. The molecule has 2 nitrogen and oxygen atoms in total. The summed E-state index contributed by atoms with van der Waals surface area (Å²) in [6, 6.07) is 6.63. The Morgan fingerprint density at radius 1 is 1.30 bits per heavy atom. The number of aryl methyl sites for hydroxylation is 3. The van der Waals surface area contributed by atoms with Crippen LogP contribution in [0.15, 0.2) is 12.1 Å². The lowest BCUT2D eigenvalue weighted by Crippen LogP contribution is -2.25. The van der Waals surface area contributed by atoms with Crippen molar-refractivity contribution in [2.45, 2.75) is 59.5 Å². The highest BCUT2D eigenvalue weighted by atomic mass is 16.3. The van der Waals surface area contributed by atoms with Gasteiger partial charge in [-0.15, -0.1) is 0 Å². The van der Waals surface area contributed by atoms with Crippen molar-refractivity contribution in [3.05, 3.63) is 34.4 Å². The molecule has 1 aliphatic rings. The van der Waals surface area contributed by atoms with E-state index in [1.165, 1.54) is 11.1 Å². The molecule has 0 bridgehead atoms. The van der Waals surface area contributed by atoms with E-state index < -0.39 is 11.5 Å². The highest BCUT2D eigenvalue weighted by Gasteiger charge is 2.45. The number of hydrogen-bond acceptors (Lipinski definition) is 2. The molecule has 1 N–H and O–H groups in total. The normalized spacial score (nSPS) is 27.3. The lowest BCUT2D eigenvalue weighted by Gasteiger charge is -2.29. The molecule has 0 amide bonds. The van der Waals surface area contributed by atoms with Gasteiger partial charge in [0.05, 0.1) is 17.6 Å². The zero-order valence-corrected chi connectivity index (χ0v) is 13.0. The van der Waals surface area contributed by atoms with Crippen molar-refractivity contribution >= 4 is 0 Å². The minimum atomic E-state index is -0.664. The SMILES string of the molecule is CCC1CCC(C#N)(C(O)c2cc(C)c(C)cc2C)C1. The molecule has 0 aliphatic heterocycles. The fourth-order valence-corrected chi connectivity index (χ4v) is 3.52. The molecule has 1 aliphatic carbocycles. The van der Waals surface area contributed by atoms with Crippen LogP contribution in [0.25, 0.3) is 0 Å². The number of hydrogen-bond donors (Lipinski definition) is 1. The number of aliphatic hydroxyl groups is 1. The van der Waals surface area contributed by atoms with Crippen LogP contribution < -0.4 is 0 Å². The van der Waals surface area contributed by atoms with Crippen LogP contribution in [0, 0.1) is 43.4 Å². The van der Waals surface area contributed by atoms with E-state index >= 15 is 0 Å². The molecule has 1 fully saturated rings. The summed E-state index contributed by atoms with van der Waals surface area (Å²) in [6.45, 7) is 8.35. The van der Waals surface area contributed by atoms with E-state index in [0.717, 1.165) is 36.8 Å². The van der Waals surface area contributed by atoms with E-state index in [1.54, 1.807) is 0 Å². The maximum Gasteiger partial charge on any atom is 0.0979 e. The summed E-state index contributed by atoms with van der Waals surface area (Å²) in [5.41, 5.74) is 3.86. The van der Waals surface area contributed by atoms with Crippen LogP contribution in [0.2, 0.25) is 0 Å². The third-order valence-electron chi connectivity index (χ3n) is 5.15. The molecule has 108 valence electrons. The van der Waals surface area contributed by atoms with Crippen LogP contribution in [-0.2, 0) is 0 Å². The molecule has 1 aromatic carbocycles. The monoisotopic (exact) mass is 271 g/mol. The van der Waals surface area contributed by atoms with Gasteiger partial charge in [-0.05, 0) is 68.2 Å². The van der Waals surface area contributed by atoms with Crippen molar-refractivity contribution < 1.29 is 5.11 Å². The molecule has 0 saturated heterocycles. The lowest BCUT2D eigenvalue weighted by molar-refractivity contribution is 0.0635. The quantitative estimate of drug-likeness (QED) is 0.887. The number of rotatable bonds is 3. The van der Waals surface area contributed by atoms with Gasteiger partial charge in [-0.1, -0.05) is 25.5 Å². The Bertz CT molecular complexity index is 543. The van der Waals surface area contributed by atoms with Gasteiger partial charge in [0.1, 0.15) is 0 Å². The number of nitriles is 1. The molecular formula is C18H25NO. The Labute approximate surface area is 122 Å². The molecule has 1 saturated carbocycles. The molecule has 1 aromatic rings. The predicted molar refractivity (Wildman–Crippen MR) is 81.3 cm³/mol. The molecule has 2 rings (SSSR count). The second kappa shape index (κ2) is 5.58. The average Bonchev–Trinajstić information content (AvgIpc) is 2.87. The fourth-order valence-electron chi connectivity index (χ4n) is 3.52. The maximum absolute atomic E-state index is 10.9. The molecule has 0 spiro atoms. The molecule has 0 aromatic heterocycles. The second-order valence-corrected chi connectivity index (χ2v) is 6.48. The van der Waals surface area contributed by atoms with Gasteiger partial charge in [-0.25, -0.2) is 0 Å².